The number of alkyl halides is 3. The third-order valence-corrected chi connectivity index (χ3v) is 3.99. The van der Waals surface area contributed by atoms with Gasteiger partial charge in [0, 0.05) is 11.0 Å². The molecule has 0 radical (unpaired) electrons. The standard InChI is InChI=1S/C13H11F3O/c14-13(15,16)10-3-1-9(2-4-10)11(17)12-5-8(6-12)7-12/h1-4,8H,5-7H2. The second-order valence-electron chi connectivity index (χ2n) is 5.16. The number of carbonyl (C=O) groups is 1. The predicted molar refractivity (Wildman–Crippen MR) is 55.5 cm³/mol. The minimum absolute atomic E-state index is 0.0220. The summed E-state index contributed by atoms with van der Waals surface area (Å²) in [6.07, 6.45) is -1.57. The Hall–Kier alpha value is -1.32. The van der Waals surface area contributed by atoms with Crippen molar-refractivity contribution in [3.63, 3.8) is 0 Å². The fraction of sp³-hybridized carbons (Fsp3) is 0.462. The van der Waals surface area contributed by atoms with Crippen LogP contribution in [0.25, 0.3) is 0 Å². The fourth-order valence-electron chi connectivity index (χ4n) is 2.87. The van der Waals surface area contributed by atoms with Gasteiger partial charge in [0.05, 0.1) is 5.56 Å². The van der Waals surface area contributed by atoms with Crippen LogP contribution in [-0.2, 0) is 6.18 Å². The van der Waals surface area contributed by atoms with Gasteiger partial charge in [-0.25, -0.2) is 0 Å². The number of Topliss-reactive ketones (excluding diaryl/α,β-unsaturated/α-hetero) is 1. The van der Waals surface area contributed by atoms with Gasteiger partial charge in [0.2, 0.25) is 0 Å². The van der Waals surface area contributed by atoms with Crippen molar-refractivity contribution in [1.82, 2.24) is 0 Å². The van der Waals surface area contributed by atoms with Gasteiger partial charge >= 0.3 is 6.18 Å². The van der Waals surface area contributed by atoms with Crippen molar-refractivity contribution in [3.8, 4) is 0 Å². The first-order valence-corrected chi connectivity index (χ1v) is 5.63. The Balaban J connectivity index is 1.83. The summed E-state index contributed by atoms with van der Waals surface area (Å²) in [7, 11) is 0. The van der Waals surface area contributed by atoms with Gasteiger partial charge in [-0.2, -0.15) is 13.2 Å². The molecule has 0 saturated heterocycles. The zero-order valence-electron chi connectivity index (χ0n) is 9.05. The van der Waals surface area contributed by atoms with Crippen LogP contribution in [0.2, 0.25) is 0 Å². The van der Waals surface area contributed by atoms with Gasteiger partial charge in [-0.15, -0.1) is 0 Å². The maximum absolute atomic E-state index is 12.4. The molecule has 3 aliphatic rings. The third-order valence-electron chi connectivity index (χ3n) is 3.99. The van der Waals surface area contributed by atoms with Crippen LogP contribution in [-0.4, -0.2) is 5.78 Å². The lowest BCUT2D eigenvalue weighted by molar-refractivity contribution is -0.137. The molecule has 3 aliphatic carbocycles. The van der Waals surface area contributed by atoms with Crippen LogP contribution in [0.5, 0.6) is 0 Å². The van der Waals surface area contributed by atoms with Gasteiger partial charge in [-0.1, -0.05) is 12.1 Å². The van der Waals surface area contributed by atoms with E-state index < -0.39 is 11.7 Å². The molecule has 3 saturated carbocycles. The van der Waals surface area contributed by atoms with Crippen LogP contribution >= 0.6 is 0 Å². The summed E-state index contributed by atoms with van der Waals surface area (Å²) in [6.45, 7) is 0. The van der Waals surface area contributed by atoms with Crippen molar-refractivity contribution in [3.05, 3.63) is 35.4 Å². The summed E-state index contributed by atoms with van der Waals surface area (Å²) in [5.41, 5.74) is -0.507. The fourth-order valence-corrected chi connectivity index (χ4v) is 2.87. The maximum atomic E-state index is 12.4. The Morgan fingerprint density at radius 1 is 1.12 bits per heavy atom. The summed E-state index contributed by atoms with van der Waals surface area (Å²) in [4.78, 5) is 12.1. The summed E-state index contributed by atoms with van der Waals surface area (Å²) in [6, 6.07) is 4.56. The van der Waals surface area contributed by atoms with Crippen molar-refractivity contribution < 1.29 is 18.0 Å². The molecule has 0 N–H and O–H groups in total. The lowest BCUT2D eigenvalue weighted by atomic mass is 9.42. The number of hydrogen-bond donors (Lipinski definition) is 0. The SMILES string of the molecule is O=C(c1ccc(C(F)(F)F)cc1)C12CC(C1)C2. The monoisotopic (exact) mass is 240 g/mol. The molecule has 4 heteroatoms. The molecule has 17 heavy (non-hydrogen) atoms. The Morgan fingerprint density at radius 3 is 2.00 bits per heavy atom. The van der Waals surface area contributed by atoms with E-state index >= 15 is 0 Å². The van der Waals surface area contributed by atoms with Gasteiger partial charge in [0.25, 0.3) is 0 Å². The summed E-state index contributed by atoms with van der Waals surface area (Å²) in [5.74, 6) is 0.710. The summed E-state index contributed by atoms with van der Waals surface area (Å²) in [5, 5.41) is 0. The minimum atomic E-state index is -4.34. The Labute approximate surface area is 96.6 Å². The van der Waals surface area contributed by atoms with E-state index in [0.717, 1.165) is 31.4 Å². The predicted octanol–water partition coefficient (Wildman–Crippen LogP) is 3.69. The summed E-state index contributed by atoms with van der Waals surface area (Å²) >= 11 is 0. The van der Waals surface area contributed by atoms with Gasteiger partial charge in [0.1, 0.15) is 0 Å². The first-order chi connectivity index (χ1) is 7.91. The van der Waals surface area contributed by atoms with Gasteiger partial charge < -0.3 is 0 Å². The molecule has 1 aromatic carbocycles. The average Bonchev–Trinajstić information content (AvgIpc) is 2.11. The molecule has 0 spiro atoms. The van der Waals surface area contributed by atoms with E-state index in [0.29, 0.717) is 11.5 Å². The zero-order chi connectivity index (χ0) is 12.3. The Morgan fingerprint density at radius 2 is 1.65 bits per heavy atom. The molecule has 2 bridgehead atoms. The number of benzene rings is 1. The first-order valence-electron chi connectivity index (χ1n) is 5.63. The second-order valence-corrected chi connectivity index (χ2v) is 5.16. The largest absolute Gasteiger partial charge is 0.416 e. The van der Waals surface area contributed by atoms with E-state index in [9.17, 15) is 18.0 Å². The number of ketones is 1. The highest BCUT2D eigenvalue weighted by atomic mass is 19.4. The van der Waals surface area contributed by atoms with E-state index in [-0.39, 0.29) is 11.2 Å². The van der Waals surface area contributed by atoms with Crippen molar-refractivity contribution in [2.24, 2.45) is 11.3 Å². The van der Waals surface area contributed by atoms with Crippen LogP contribution in [0.15, 0.2) is 24.3 Å². The van der Waals surface area contributed by atoms with Crippen molar-refractivity contribution >= 4 is 5.78 Å². The molecule has 0 amide bonds. The Kier molecular flexibility index (Phi) is 1.98. The topological polar surface area (TPSA) is 17.1 Å². The normalized spacial score (nSPS) is 30.4. The molecule has 0 aromatic heterocycles. The van der Waals surface area contributed by atoms with E-state index in [2.05, 4.69) is 0 Å². The molecule has 0 atom stereocenters. The Bertz CT molecular complexity index is 455. The number of rotatable bonds is 2. The highest BCUT2D eigenvalue weighted by molar-refractivity contribution is 6.02. The molecule has 4 rings (SSSR count). The van der Waals surface area contributed by atoms with Crippen LogP contribution in [0.3, 0.4) is 0 Å². The van der Waals surface area contributed by atoms with E-state index in [1.165, 1.54) is 12.1 Å². The van der Waals surface area contributed by atoms with E-state index in [4.69, 9.17) is 0 Å². The number of hydrogen-bond acceptors (Lipinski definition) is 1. The molecule has 0 unspecified atom stereocenters. The molecular formula is C13H11F3O. The number of halogens is 3. The van der Waals surface area contributed by atoms with Crippen LogP contribution in [0, 0.1) is 11.3 Å². The van der Waals surface area contributed by atoms with Crippen molar-refractivity contribution in [1.29, 1.82) is 0 Å². The molecule has 90 valence electrons. The smallest absolute Gasteiger partial charge is 0.294 e. The minimum Gasteiger partial charge on any atom is -0.294 e. The van der Waals surface area contributed by atoms with Gasteiger partial charge in [-0.05, 0) is 37.3 Å². The molecule has 0 aliphatic heterocycles. The lowest BCUT2D eigenvalue weighted by Crippen LogP contribution is -2.56. The lowest BCUT2D eigenvalue weighted by Gasteiger charge is -2.60. The summed E-state index contributed by atoms with van der Waals surface area (Å²) < 4.78 is 37.1. The van der Waals surface area contributed by atoms with Crippen molar-refractivity contribution in [2.75, 3.05) is 0 Å². The second kappa shape index (κ2) is 3.12. The third kappa shape index (κ3) is 1.50. The average molecular weight is 240 g/mol. The van der Waals surface area contributed by atoms with Crippen LogP contribution < -0.4 is 0 Å². The molecule has 3 fully saturated rings. The van der Waals surface area contributed by atoms with Gasteiger partial charge in [-0.3, -0.25) is 4.79 Å². The van der Waals surface area contributed by atoms with Gasteiger partial charge in [0.15, 0.2) is 5.78 Å². The molecule has 1 nitrogen and oxygen atoms in total. The highest BCUT2D eigenvalue weighted by Gasteiger charge is 2.61. The van der Waals surface area contributed by atoms with E-state index in [1.807, 2.05) is 0 Å². The molecule has 0 heterocycles. The number of carbonyl (C=O) groups excluding carboxylic acids is 1. The van der Waals surface area contributed by atoms with Crippen molar-refractivity contribution in [2.45, 2.75) is 25.4 Å². The van der Waals surface area contributed by atoms with Crippen LogP contribution in [0.4, 0.5) is 13.2 Å². The van der Waals surface area contributed by atoms with E-state index in [1.54, 1.807) is 0 Å². The maximum Gasteiger partial charge on any atom is 0.416 e. The van der Waals surface area contributed by atoms with Crippen LogP contribution in [0.1, 0.15) is 35.2 Å². The quantitative estimate of drug-likeness (QED) is 0.720. The molecular weight excluding hydrogens is 229 g/mol. The first kappa shape index (κ1) is 10.8. The molecule has 1 aromatic rings. The zero-order valence-corrected chi connectivity index (χ0v) is 9.05. The highest BCUT2D eigenvalue weighted by Crippen LogP contribution is 2.65.